The van der Waals surface area contributed by atoms with Gasteiger partial charge in [-0.05, 0) is 51.1 Å². The molecular weight excluding hydrogens is 439 g/mol. The molecule has 0 bridgehead atoms. The van der Waals surface area contributed by atoms with Crippen LogP contribution in [-0.2, 0) is 6.42 Å². The molecule has 6 heteroatoms. The van der Waals surface area contributed by atoms with Crippen LogP contribution in [0.1, 0.15) is 38.2 Å². The monoisotopic (exact) mass is 474 g/mol. The second-order valence-electron chi connectivity index (χ2n) is 6.70. The van der Waals surface area contributed by atoms with E-state index in [2.05, 4.69) is 57.8 Å². The Bertz CT molecular complexity index is 490. The van der Waals surface area contributed by atoms with Crippen LogP contribution < -0.4 is 10.6 Å². The Morgan fingerprint density at radius 1 is 1.15 bits per heavy atom. The summed E-state index contributed by atoms with van der Waals surface area (Å²) in [7, 11) is 0. The molecule has 0 saturated carbocycles. The zero-order valence-electron chi connectivity index (χ0n) is 16.0. The van der Waals surface area contributed by atoms with Crippen molar-refractivity contribution in [2.75, 3.05) is 39.3 Å². The highest BCUT2D eigenvalue weighted by Crippen LogP contribution is 2.09. The van der Waals surface area contributed by atoms with Crippen LogP contribution in [-0.4, -0.2) is 61.3 Å². The fourth-order valence-electron chi connectivity index (χ4n) is 3.11. The van der Waals surface area contributed by atoms with Gasteiger partial charge in [-0.3, -0.25) is 4.99 Å². The number of halogens is 1. The van der Waals surface area contributed by atoms with Crippen molar-refractivity contribution >= 4 is 29.9 Å². The number of hydrogen-bond acceptors (Lipinski definition) is 3. The first-order chi connectivity index (χ1) is 12.3. The van der Waals surface area contributed by atoms with Crippen LogP contribution in [0.5, 0.6) is 0 Å². The van der Waals surface area contributed by atoms with Crippen LogP contribution in [0.3, 0.4) is 0 Å². The molecule has 0 amide bonds. The fourth-order valence-corrected chi connectivity index (χ4v) is 3.11. The number of hydrogen-bond donors (Lipinski definition) is 3. The van der Waals surface area contributed by atoms with E-state index in [0.29, 0.717) is 0 Å². The highest BCUT2D eigenvalue weighted by molar-refractivity contribution is 14.0. The van der Waals surface area contributed by atoms with E-state index < -0.39 is 0 Å². The standard InChI is InChI=1S/C20H34N4O.HI/c1-2-21-20(22-13-6-10-18-8-4-3-5-9-18)23-14-7-15-24-16-11-19(25)12-17-24;/h3-5,8-9,19,25H,2,6-7,10-17H2,1H3,(H2,21,22,23);1H. The molecule has 5 nitrogen and oxygen atoms in total. The van der Waals surface area contributed by atoms with Gasteiger partial charge in [0, 0.05) is 32.7 Å². The molecule has 0 aromatic heterocycles. The van der Waals surface area contributed by atoms with Gasteiger partial charge in [0.1, 0.15) is 0 Å². The Hall–Kier alpha value is -0.860. The summed E-state index contributed by atoms with van der Waals surface area (Å²) in [5, 5.41) is 16.3. The van der Waals surface area contributed by atoms with E-state index in [4.69, 9.17) is 0 Å². The molecule has 0 atom stereocenters. The van der Waals surface area contributed by atoms with Crippen molar-refractivity contribution in [2.45, 2.75) is 45.1 Å². The lowest BCUT2D eigenvalue weighted by Crippen LogP contribution is -2.40. The number of nitrogens with zero attached hydrogens (tertiary/aromatic N) is 2. The molecule has 1 heterocycles. The third-order valence-corrected chi connectivity index (χ3v) is 4.58. The van der Waals surface area contributed by atoms with E-state index in [1.807, 2.05) is 0 Å². The third-order valence-electron chi connectivity index (χ3n) is 4.58. The summed E-state index contributed by atoms with van der Waals surface area (Å²) in [4.78, 5) is 7.11. The van der Waals surface area contributed by atoms with Gasteiger partial charge in [-0.25, -0.2) is 0 Å². The summed E-state index contributed by atoms with van der Waals surface area (Å²) in [6, 6.07) is 10.6. The largest absolute Gasteiger partial charge is 0.393 e. The average Bonchev–Trinajstić information content (AvgIpc) is 2.64. The Morgan fingerprint density at radius 2 is 1.88 bits per heavy atom. The fraction of sp³-hybridized carbons (Fsp3) is 0.650. The van der Waals surface area contributed by atoms with Gasteiger partial charge >= 0.3 is 0 Å². The number of likely N-dealkylation sites (tertiary alicyclic amines) is 1. The molecule has 0 unspecified atom stereocenters. The van der Waals surface area contributed by atoms with Crippen molar-refractivity contribution in [1.82, 2.24) is 15.5 Å². The minimum absolute atomic E-state index is 0. The van der Waals surface area contributed by atoms with E-state index in [1.54, 1.807) is 0 Å². The van der Waals surface area contributed by atoms with Crippen molar-refractivity contribution in [2.24, 2.45) is 4.99 Å². The van der Waals surface area contributed by atoms with Crippen molar-refractivity contribution in [1.29, 1.82) is 0 Å². The number of piperidine rings is 1. The van der Waals surface area contributed by atoms with Gasteiger partial charge in [0.15, 0.2) is 5.96 Å². The summed E-state index contributed by atoms with van der Waals surface area (Å²) < 4.78 is 0. The Labute approximate surface area is 175 Å². The number of nitrogens with one attached hydrogen (secondary N) is 2. The Morgan fingerprint density at radius 3 is 2.58 bits per heavy atom. The van der Waals surface area contributed by atoms with Crippen LogP contribution in [0.2, 0.25) is 0 Å². The molecule has 0 spiro atoms. The summed E-state index contributed by atoms with van der Waals surface area (Å²) in [5.74, 6) is 0.921. The van der Waals surface area contributed by atoms with Crippen molar-refractivity contribution in [3.05, 3.63) is 35.9 Å². The SMILES string of the molecule is CCNC(=NCCCc1ccccc1)NCCCN1CCC(O)CC1.I. The molecule has 2 rings (SSSR count). The average molecular weight is 474 g/mol. The number of aliphatic imine (C=N–C) groups is 1. The first-order valence-corrected chi connectivity index (χ1v) is 9.74. The Balaban J connectivity index is 0.00000338. The maximum atomic E-state index is 9.54. The Kier molecular flexibility index (Phi) is 12.7. The summed E-state index contributed by atoms with van der Waals surface area (Å²) in [5.41, 5.74) is 1.38. The maximum absolute atomic E-state index is 9.54. The molecule has 1 aliphatic heterocycles. The molecule has 1 saturated heterocycles. The number of aliphatic hydroxyl groups is 1. The number of guanidine groups is 1. The lowest BCUT2D eigenvalue weighted by molar-refractivity contribution is 0.0823. The van der Waals surface area contributed by atoms with Crippen LogP contribution in [0.15, 0.2) is 35.3 Å². The second kappa shape index (κ2) is 14.2. The van der Waals surface area contributed by atoms with Crippen LogP contribution in [0.25, 0.3) is 0 Å². The molecule has 0 radical (unpaired) electrons. The van der Waals surface area contributed by atoms with Gasteiger partial charge in [-0.1, -0.05) is 30.3 Å². The maximum Gasteiger partial charge on any atom is 0.191 e. The highest BCUT2D eigenvalue weighted by atomic mass is 127. The van der Waals surface area contributed by atoms with Gasteiger partial charge in [-0.15, -0.1) is 24.0 Å². The molecule has 1 aromatic carbocycles. The van der Waals surface area contributed by atoms with Crippen LogP contribution in [0, 0.1) is 0 Å². The number of aryl methyl sites for hydroxylation is 1. The predicted molar refractivity (Wildman–Crippen MR) is 120 cm³/mol. The highest BCUT2D eigenvalue weighted by Gasteiger charge is 2.15. The number of rotatable bonds is 9. The topological polar surface area (TPSA) is 59.9 Å². The first kappa shape index (κ1) is 23.2. The summed E-state index contributed by atoms with van der Waals surface area (Å²) in [6.07, 6.45) is 4.99. The predicted octanol–water partition coefficient (Wildman–Crippen LogP) is 2.64. The minimum Gasteiger partial charge on any atom is -0.393 e. The molecule has 1 aromatic rings. The van der Waals surface area contributed by atoms with E-state index in [0.717, 1.165) is 77.3 Å². The van der Waals surface area contributed by atoms with Gasteiger partial charge in [0.25, 0.3) is 0 Å². The quantitative estimate of drug-likeness (QED) is 0.223. The van der Waals surface area contributed by atoms with Gasteiger partial charge < -0.3 is 20.6 Å². The summed E-state index contributed by atoms with van der Waals surface area (Å²) >= 11 is 0. The van der Waals surface area contributed by atoms with Crippen LogP contribution in [0.4, 0.5) is 0 Å². The lowest BCUT2D eigenvalue weighted by atomic mass is 10.1. The van der Waals surface area contributed by atoms with Crippen molar-refractivity contribution in [3.63, 3.8) is 0 Å². The molecule has 0 aliphatic carbocycles. The lowest BCUT2D eigenvalue weighted by Gasteiger charge is -2.29. The molecular formula is C20H35IN4O. The van der Waals surface area contributed by atoms with Crippen LogP contribution >= 0.6 is 24.0 Å². The van der Waals surface area contributed by atoms with E-state index in [-0.39, 0.29) is 30.1 Å². The van der Waals surface area contributed by atoms with Gasteiger partial charge in [-0.2, -0.15) is 0 Å². The minimum atomic E-state index is -0.0854. The molecule has 148 valence electrons. The number of aliphatic hydroxyl groups excluding tert-OH is 1. The van der Waals surface area contributed by atoms with E-state index >= 15 is 0 Å². The molecule has 1 aliphatic rings. The van der Waals surface area contributed by atoms with E-state index in [1.165, 1.54) is 5.56 Å². The zero-order chi connectivity index (χ0) is 17.7. The summed E-state index contributed by atoms with van der Waals surface area (Å²) in [6.45, 7) is 7.89. The zero-order valence-corrected chi connectivity index (χ0v) is 18.3. The van der Waals surface area contributed by atoms with Crippen molar-refractivity contribution in [3.8, 4) is 0 Å². The molecule has 3 N–H and O–H groups in total. The second-order valence-corrected chi connectivity index (χ2v) is 6.70. The first-order valence-electron chi connectivity index (χ1n) is 9.74. The molecule has 1 fully saturated rings. The smallest absolute Gasteiger partial charge is 0.191 e. The number of benzene rings is 1. The third kappa shape index (κ3) is 9.73. The molecule has 26 heavy (non-hydrogen) atoms. The normalized spacial score (nSPS) is 16.2. The van der Waals surface area contributed by atoms with Crippen molar-refractivity contribution < 1.29 is 5.11 Å². The van der Waals surface area contributed by atoms with Gasteiger partial charge in [0.2, 0.25) is 0 Å². The van der Waals surface area contributed by atoms with Gasteiger partial charge in [0.05, 0.1) is 6.10 Å². The van der Waals surface area contributed by atoms with E-state index in [9.17, 15) is 5.11 Å².